The number of carboxylic acids is 1. The molecule has 1 aromatic carbocycles. The van der Waals surface area contributed by atoms with Crippen molar-refractivity contribution in [3.05, 3.63) is 29.8 Å². The summed E-state index contributed by atoms with van der Waals surface area (Å²) < 4.78 is 50.7. The molecule has 0 bridgehead atoms. The Morgan fingerprint density at radius 2 is 2.00 bits per heavy atom. The molecule has 8 heteroatoms. The van der Waals surface area contributed by atoms with Crippen LogP contribution in [0, 0.1) is 11.6 Å². The molecule has 106 valence electrons. The summed E-state index contributed by atoms with van der Waals surface area (Å²) in [5.41, 5.74) is -0.488. The molecule has 0 saturated carbocycles. The molecule has 0 aliphatic carbocycles. The van der Waals surface area contributed by atoms with E-state index in [1.165, 1.54) is 6.92 Å². The fraction of sp³-hybridized carbons (Fsp3) is 0.364. The molecule has 0 fully saturated rings. The van der Waals surface area contributed by atoms with Crippen LogP contribution >= 0.6 is 0 Å². The maximum Gasteiger partial charge on any atom is 0.327 e. The lowest BCUT2D eigenvalue weighted by Gasteiger charge is -2.27. The van der Waals surface area contributed by atoms with Gasteiger partial charge in [-0.1, -0.05) is 0 Å². The second-order valence-corrected chi connectivity index (χ2v) is 5.94. The Morgan fingerprint density at radius 1 is 1.42 bits per heavy atom. The van der Waals surface area contributed by atoms with Crippen molar-refractivity contribution in [2.24, 2.45) is 0 Å². The van der Waals surface area contributed by atoms with Crippen LogP contribution < -0.4 is 4.31 Å². The highest BCUT2D eigenvalue weighted by Crippen LogP contribution is 2.25. The number of halogens is 2. The first-order valence-electron chi connectivity index (χ1n) is 5.40. The number of aliphatic carboxylic acids is 1. The maximum atomic E-state index is 13.7. The van der Waals surface area contributed by atoms with Gasteiger partial charge in [0, 0.05) is 6.07 Å². The van der Waals surface area contributed by atoms with Crippen molar-refractivity contribution in [2.45, 2.75) is 19.9 Å². The van der Waals surface area contributed by atoms with E-state index in [-0.39, 0.29) is 0 Å². The molecular formula is C11H13F2NO4S. The molecule has 0 spiro atoms. The Hall–Kier alpha value is -1.70. The van der Waals surface area contributed by atoms with Gasteiger partial charge >= 0.3 is 5.97 Å². The zero-order chi connectivity index (χ0) is 14.8. The summed E-state index contributed by atoms with van der Waals surface area (Å²) in [7, 11) is -4.00. The summed E-state index contributed by atoms with van der Waals surface area (Å²) in [4.78, 5) is 11.0. The van der Waals surface area contributed by atoms with Gasteiger partial charge in [-0.05, 0) is 26.0 Å². The van der Waals surface area contributed by atoms with Crippen LogP contribution in [0.2, 0.25) is 0 Å². The van der Waals surface area contributed by atoms with E-state index in [0.29, 0.717) is 10.4 Å². The second-order valence-electron chi connectivity index (χ2n) is 3.81. The van der Waals surface area contributed by atoms with Crippen LogP contribution in [0.5, 0.6) is 0 Å². The minimum atomic E-state index is -4.00. The first-order chi connectivity index (χ1) is 8.70. The largest absolute Gasteiger partial charge is 0.480 e. The molecule has 5 nitrogen and oxygen atoms in total. The third kappa shape index (κ3) is 3.19. The van der Waals surface area contributed by atoms with Gasteiger partial charge in [0.25, 0.3) is 0 Å². The van der Waals surface area contributed by atoms with E-state index in [9.17, 15) is 22.0 Å². The number of benzene rings is 1. The van der Waals surface area contributed by atoms with Crippen LogP contribution in [0.3, 0.4) is 0 Å². The van der Waals surface area contributed by atoms with Gasteiger partial charge in [-0.15, -0.1) is 0 Å². The molecular weight excluding hydrogens is 280 g/mol. The number of hydrogen-bond donors (Lipinski definition) is 1. The molecule has 19 heavy (non-hydrogen) atoms. The smallest absolute Gasteiger partial charge is 0.327 e. The molecule has 0 aliphatic rings. The van der Waals surface area contributed by atoms with Gasteiger partial charge in [0.05, 0.1) is 11.4 Å². The number of carboxylic acid groups (broad SMARTS) is 1. The first-order valence-corrected chi connectivity index (χ1v) is 7.01. The van der Waals surface area contributed by atoms with Crippen LogP contribution in [0.4, 0.5) is 14.5 Å². The molecule has 0 aromatic heterocycles. The van der Waals surface area contributed by atoms with Gasteiger partial charge in [-0.3, -0.25) is 4.31 Å². The van der Waals surface area contributed by atoms with E-state index in [0.717, 1.165) is 19.1 Å². The van der Waals surface area contributed by atoms with Crippen LogP contribution in [0.1, 0.15) is 13.8 Å². The highest BCUT2D eigenvalue weighted by Gasteiger charge is 2.32. The SMILES string of the molecule is CCS(=O)(=O)N(c1ccc(F)cc1F)C(C)C(=O)O. The predicted molar refractivity (Wildman–Crippen MR) is 65.4 cm³/mol. The van der Waals surface area contributed by atoms with Crippen molar-refractivity contribution in [1.29, 1.82) is 0 Å². The molecule has 1 aromatic rings. The van der Waals surface area contributed by atoms with Gasteiger partial charge in [0.1, 0.15) is 17.7 Å². The quantitative estimate of drug-likeness (QED) is 0.894. The Kier molecular flexibility index (Phi) is 4.46. The van der Waals surface area contributed by atoms with Crippen molar-refractivity contribution in [2.75, 3.05) is 10.1 Å². The summed E-state index contributed by atoms with van der Waals surface area (Å²) >= 11 is 0. The lowest BCUT2D eigenvalue weighted by Crippen LogP contribution is -2.44. The average molecular weight is 293 g/mol. The zero-order valence-corrected chi connectivity index (χ0v) is 11.1. The number of rotatable bonds is 5. The number of anilines is 1. The van der Waals surface area contributed by atoms with Gasteiger partial charge in [-0.25, -0.2) is 22.0 Å². The number of hydrogen-bond acceptors (Lipinski definition) is 3. The summed E-state index contributed by atoms with van der Waals surface area (Å²) in [5.74, 6) is -3.84. The number of nitrogens with zero attached hydrogens (tertiary/aromatic N) is 1. The second kappa shape index (κ2) is 5.52. The lowest BCUT2D eigenvalue weighted by atomic mass is 10.2. The van der Waals surface area contributed by atoms with Crippen molar-refractivity contribution in [3.63, 3.8) is 0 Å². The van der Waals surface area contributed by atoms with Crippen molar-refractivity contribution in [3.8, 4) is 0 Å². The van der Waals surface area contributed by atoms with Crippen LogP contribution in [0.25, 0.3) is 0 Å². The van der Waals surface area contributed by atoms with Gasteiger partial charge in [0.15, 0.2) is 0 Å². The van der Waals surface area contributed by atoms with E-state index < -0.39 is 45.1 Å². The molecule has 0 amide bonds. The Bertz CT molecular complexity index is 588. The third-order valence-electron chi connectivity index (χ3n) is 2.52. The predicted octanol–water partition coefficient (Wildman–Crippen LogP) is 1.59. The van der Waals surface area contributed by atoms with Crippen molar-refractivity contribution in [1.82, 2.24) is 0 Å². The topological polar surface area (TPSA) is 74.7 Å². The van der Waals surface area contributed by atoms with Crippen molar-refractivity contribution >= 4 is 21.7 Å². The maximum absolute atomic E-state index is 13.7. The van der Waals surface area contributed by atoms with E-state index in [1.54, 1.807) is 0 Å². The number of carbonyl (C=O) groups is 1. The molecule has 0 heterocycles. The Balaban J connectivity index is 3.44. The number of sulfonamides is 1. The molecule has 1 N–H and O–H groups in total. The molecule has 0 saturated heterocycles. The van der Waals surface area contributed by atoms with Gasteiger partial charge < -0.3 is 5.11 Å². The Morgan fingerprint density at radius 3 is 2.42 bits per heavy atom. The monoisotopic (exact) mass is 293 g/mol. The van der Waals surface area contributed by atoms with Crippen molar-refractivity contribution < 1.29 is 27.1 Å². The fourth-order valence-corrected chi connectivity index (χ4v) is 2.80. The summed E-state index contributed by atoms with van der Waals surface area (Å²) in [6.45, 7) is 2.41. The summed E-state index contributed by atoms with van der Waals surface area (Å²) in [6.07, 6.45) is 0. The minimum Gasteiger partial charge on any atom is -0.480 e. The Labute approximate surface area is 109 Å². The summed E-state index contributed by atoms with van der Waals surface area (Å²) in [6, 6.07) is 0.773. The molecule has 1 atom stereocenters. The van der Waals surface area contributed by atoms with E-state index >= 15 is 0 Å². The van der Waals surface area contributed by atoms with Crippen LogP contribution in [-0.4, -0.2) is 31.3 Å². The van der Waals surface area contributed by atoms with E-state index in [1.807, 2.05) is 0 Å². The average Bonchev–Trinajstić information content (AvgIpc) is 2.31. The van der Waals surface area contributed by atoms with Crippen LogP contribution in [0.15, 0.2) is 18.2 Å². The van der Waals surface area contributed by atoms with Gasteiger partial charge in [0.2, 0.25) is 10.0 Å². The molecule has 0 aliphatic heterocycles. The highest BCUT2D eigenvalue weighted by atomic mass is 32.2. The highest BCUT2D eigenvalue weighted by molar-refractivity contribution is 7.92. The minimum absolute atomic E-state index is 0.401. The van der Waals surface area contributed by atoms with E-state index in [2.05, 4.69) is 0 Å². The molecule has 0 radical (unpaired) electrons. The van der Waals surface area contributed by atoms with Crippen LogP contribution in [-0.2, 0) is 14.8 Å². The standard InChI is InChI=1S/C11H13F2NO4S/c1-3-19(17,18)14(7(2)11(15)16)10-5-4-8(12)6-9(10)13/h4-7H,3H2,1-2H3,(H,15,16). The lowest BCUT2D eigenvalue weighted by molar-refractivity contribution is -0.137. The van der Waals surface area contributed by atoms with Gasteiger partial charge in [-0.2, -0.15) is 0 Å². The summed E-state index contributed by atoms with van der Waals surface area (Å²) in [5, 5.41) is 8.92. The molecule has 1 unspecified atom stereocenters. The fourth-order valence-electron chi connectivity index (χ4n) is 1.50. The van der Waals surface area contributed by atoms with E-state index in [4.69, 9.17) is 5.11 Å². The third-order valence-corrected chi connectivity index (χ3v) is 4.36. The first kappa shape index (κ1) is 15.4. The molecule has 1 rings (SSSR count). The zero-order valence-electron chi connectivity index (χ0n) is 10.3. The normalized spacial score (nSPS) is 13.1.